The van der Waals surface area contributed by atoms with Crippen molar-refractivity contribution in [2.45, 2.75) is 26.3 Å². The van der Waals surface area contributed by atoms with Crippen LogP contribution in [0.3, 0.4) is 0 Å². The summed E-state index contributed by atoms with van der Waals surface area (Å²) in [4.78, 5) is 8.64. The molecule has 8 heteroatoms. The highest BCUT2D eigenvalue weighted by Crippen LogP contribution is 2.32. The van der Waals surface area contributed by atoms with Gasteiger partial charge in [0.25, 0.3) is 5.89 Å². The Morgan fingerprint density at radius 3 is 2.60 bits per heavy atom. The average Bonchev–Trinajstić information content (AvgIpc) is 3.45. The fourth-order valence-corrected chi connectivity index (χ4v) is 3.11. The van der Waals surface area contributed by atoms with Crippen LogP contribution in [0.1, 0.15) is 23.9 Å². The maximum atomic E-state index is 5.42. The first-order valence-corrected chi connectivity index (χ1v) is 10.00. The molecule has 0 saturated heterocycles. The third kappa shape index (κ3) is 4.71. The van der Waals surface area contributed by atoms with Crippen molar-refractivity contribution >= 4 is 5.96 Å². The van der Waals surface area contributed by atoms with Crippen LogP contribution >= 0.6 is 0 Å². The first-order chi connectivity index (χ1) is 14.7. The molecule has 0 bridgehead atoms. The lowest BCUT2D eigenvalue weighted by Gasteiger charge is -2.12. The number of nitrogens with one attached hydrogen (secondary N) is 2. The lowest BCUT2D eigenvalue weighted by atomic mass is 10.1. The summed E-state index contributed by atoms with van der Waals surface area (Å²) < 4.78 is 16.0. The summed E-state index contributed by atoms with van der Waals surface area (Å²) in [5.74, 6) is 3.61. The highest BCUT2D eigenvalue weighted by atomic mass is 16.7. The standard InChI is InChI=1S/C22H25N5O3/c1-3-20-26-21(30-27-20)17-7-4-15(5-8-17)10-11-24-22(23-2)25-13-16-6-9-18-19(12-16)29-14-28-18/h4-9,12H,3,10-11,13-14H2,1-2H3,(H2,23,24,25). The van der Waals surface area contributed by atoms with Gasteiger partial charge in [0.05, 0.1) is 0 Å². The summed E-state index contributed by atoms with van der Waals surface area (Å²) in [5, 5.41) is 10.6. The molecule has 0 unspecified atom stereocenters. The van der Waals surface area contributed by atoms with E-state index in [1.807, 2.05) is 37.3 Å². The Bertz CT molecular complexity index is 1010. The van der Waals surface area contributed by atoms with Crippen molar-refractivity contribution in [1.29, 1.82) is 0 Å². The van der Waals surface area contributed by atoms with Crippen LogP contribution in [0.5, 0.6) is 11.5 Å². The number of guanidine groups is 1. The summed E-state index contributed by atoms with van der Waals surface area (Å²) in [6, 6.07) is 14.1. The Morgan fingerprint density at radius 1 is 1.03 bits per heavy atom. The van der Waals surface area contributed by atoms with Gasteiger partial charge in [-0.1, -0.05) is 30.3 Å². The van der Waals surface area contributed by atoms with Crippen molar-refractivity contribution in [3.63, 3.8) is 0 Å². The predicted molar refractivity (Wildman–Crippen MR) is 114 cm³/mol. The zero-order valence-electron chi connectivity index (χ0n) is 17.1. The molecule has 4 rings (SSSR count). The van der Waals surface area contributed by atoms with E-state index in [0.29, 0.717) is 12.4 Å². The molecule has 1 aliphatic rings. The molecule has 2 N–H and O–H groups in total. The molecule has 156 valence electrons. The molecular weight excluding hydrogens is 382 g/mol. The molecule has 3 aromatic rings. The second-order valence-corrected chi connectivity index (χ2v) is 6.86. The van der Waals surface area contributed by atoms with Crippen LogP contribution in [-0.2, 0) is 19.4 Å². The number of hydrogen-bond donors (Lipinski definition) is 2. The van der Waals surface area contributed by atoms with Crippen molar-refractivity contribution in [2.75, 3.05) is 20.4 Å². The summed E-state index contributed by atoms with van der Waals surface area (Å²) in [5.41, 5.74) is 3.25. The van der Waals surface area contributed by atoms with Crippen LogP contribution in [0, 0.1) is 0 Å². The van der Waals surface area contributed by atoms with E-state index in [9.17, 15) is 0 Å². The minimum atomic E-state index is 0.283. The van der Waals surface area contributed by atoms with Gasteiger partial charge in [-0.2, -0.15) is 4.98 Å². The van der Waals surface area contributed by atoms with E-state index in [-0.39, 0.29) is 6.79 Å². The Kier molecular flexibility index (Phi) is 6.12. The third-order valence-corrected chi connectivity index (χ3v) is 4.81. The molecule has 0 spiro atoms. The zero-order chi connectivity index (χ0) is 20.8. The summed E-state index contributed by atoms with van der Waals surface area (Å²) in [7, 11) is 1.76. The second kappa shape index (κ2) is 9.30. The van der Waals surface area contributed by atoms with Gasteiger partial charge in [0.15, 0.2) is 23.3 Å². The van der Waals surface area contributed by atoms with E-state index < -0.39 is 0 Å². The average molecular weight is 407 g/mol. The number of ether oxygens (including phenoxy) is 2. The molecule has 8 nitrogen and oxygen atoms in total. The maximum Gasteiger partial charge on any atom is 0.257 e. The molecule has 1 aromatic heterocycles. The number of benzene rings is 2. The molecular formula is C22H25N5O3. The van der Waals surface area contributed by atoms with Gasteiger partial charge >= 0.3 is 0 Å². The minimum absolute atomic E-state index is 0.283. The Labute approximate surface area is 175 Å². The van der Waals surface area contributed by atoms with Gasteiger partial charge in [-0.05, 0) is 41.8 Å². The van der Waals surface area contributed by atoms with Crippen LogP contribution in [0.2, 0.25) is 0 Å². The SMILES string of the molecule is CCc1noc(-c2ccc(CCNC(=NC)NCc3ccc4c(c3)OCO4)cc2)n1. The summed E-state index contributed by atoms with van der Waals surface area (Å²) in [6.07, 6.45) is 1.63. The highest BCUT2D eigenvalue weighted by molar-refractivity contribution is 5.79. The van der Waals surface area contributed by atoms with Crippen LogP contribution in [0.25, 0.3) is 11.5 Å². The van der Waals surface area contributed by atoms with Crippen molar-refractivity contribution in [2.24, 2.45) is 4.99 Å². The van der Waals surface area contributed by atoms with Crippen LogP contribution in [0.15, 0.2) is 52.0 Å². The lowest BCUT2D eigenvalue weighted by molar-refractivity contribution is 0.174. The molecule has 0 aliphatic carbocycles. The van der Waals surface area contributed by atoms with Crippen molar-refractivity contribution in [3.05, 3.63) is 59.4 Å². The van der Waals surface area contributed by atoms with Gasteiger partial charge in [0, 0.05) is 32.1 Å². The van der Waals surface area contributed by atoms with Gasteiger partial charge in [0.1, 0.15) is 0 Å². The maximum absolute atomic E-state index is 5.42. The fourth-order valence-electron chi connectivity index (χ4n) is 3.11. The van der Waals surface area contributed by atoms with Gasteiger partial charge < -0.3 is 24.6 Å². The highest BCUT2D eigenvalue weighted by Gasteiger charge is 2.13. The van der Waals surface area contributed by atoms with Gasteiger partial charge in [0.2, 0.25) is 6.79 Å². The van der Waals surface area contributed by atoms with E-state index in [0.717, 1.165) is 53.8 Å². The smallest absolute Gasteiger partial charge is 0.257 e. The van der Waals surface area contributed by atoms with Gasteiger partial charge in [-0.3, -0.25) is 4.99 Å². The topological polar surface area (TPSA) is 93.8 Å². The van der Waals surface area contributed by atoms with Crippen LogP contribution < -0.4 is 20.1 Å². The number of aromatic nitrogens is 2. The minimum Gasteiger partial charge on any atom is -0.454 e. The Balaban J connectivity index is 1.24. The van der Waals surface area contributed by atoms with Gasteiger partial charge in [-0.15, -0.1) is 0 Å². The predicted octanol–water partition coefficient (Wildman–Crippen LogP) is 2.94. The molecule has 0 amide bonds. The molecule has 2 aromatic carbocycles. The van der Waals surface area contributed by atoms with Crippen LogP contribution in [-0.4, -0.2) is 36.5 Å². The molecule has 0 radical (unpaired) electrons. The molecule has 0 fully saturated rings. The number of aryl methyl sites for hydroxylation is 1. The first-order valence-electron chi connectivity index (χ1n) is 10.00. The van der Waals surface area contributed by atoms with Crippen molar-refractivity contribution < 1.29 is 14.0 Å². The second-order valence-electron chi connectivity index (χ2n) is 6.86. The van der Waals surface area contributed by atoms with Crippen LogP contribution in [0.4, 0.5) is 0 Å². The van der Waals surface area contributed by atoms with E-state index in [4.69, 9.17) is 14.0 Å². The molecule has 0 atom stereocenters. The largest absolute Gasteiger partial charge is 0.454 e. The number of fused-ring (bicyclic) bond motifs is 1. The van der Waals surface area contributed by atoms with E-state index in [2.05, 4.69) is 37.9 Å². The normalized spacial score (nSPS) is 12.8. The van der Waals surface area contributed by atoms with Crippen molar-refractivity contribution in [1.82, 2.24) is 20.8 Å². The Morgan fingerprint density at radius 2 is 1.83 bits per heavy atom. The Hall–Kier alpha value is -3.55. The van der Waals surface area contributed by atoms with E-state index >= 15 is 0 Å². The zero-order valence-corrected chi connectivity index (χ0v) is 17.1. The number of aliphatic imine (C=N–C) groups is 1. The van der Waals surface area contributed by atoms with Gasteiger partial charge in [-0.25, -0.2) is 0 Å². The van der Waals surface area contributed by atoms with E-state index in [1.165, 1.54) is 5.56 Å². The summed E-state index contributed by atoms with van der Waals surface area (Å²) in [6.45, 7) is 3.70. The van der Waals surface area contributed by atoms with E-state index in [1.54, 1.807) is 7.05 Å². The fraction of sp³-hybridized carbons (Fsp3) is 0.318. The molecule has 2 heterocycles. The lowest BCUT2D eigenvalue weighted by Crippen LogP contribution is -2.37. The molecule has 0 saturated carbocycles. The summed E-state index contributed by atoms with van der Waals surface area (Å²) >= 11 is 0. The van der Waals surface area contributed by atoms with Crippen molar-refractivity contribution in [3.8, 4) is 23.0 Å². The molecule has 1 aliphatic heterocycles. The number of nitrogens with zero attached hydrogens (tertiary/aromatic N) is 3. The number of rotatable bonds is 7. The quantitative estimate of drug-likeness (QED) is 0.459. The number of hydrogen-bond acceptors (Lipinski definition) is 6. The first kappa shape index (κ1) is 19.8. The molecule has 30 heavy (non-hydrogen) atoms. The monoisotopic (exact) mass is 407 g/mol. The third-order valence-electron chi connectivity index (χ3n) is 4.81.